The van der Waals surface area contributed by atoms with Gasteiger partial charge >= 0.3 is 0 Å². The number of carbonyl (C=O) groups excluding carboxylic acids is 1. The van der Waals surface area contributed by atoms with Crippen molar-refractivity contribution in [3.8, 4) is 0 Å². The lowest BCUT2D eigenvalue weighted by atomic mass is 10.1. The van der Waals surface area contributed by atoms with E-state index >= 15 is 0 Å². The Kier molecular flexibility index (Phi) is 4.75. The molecule has 1 amide bonds. The van der Waals surface area contributed by atoms with Gasteiger partial charge in [-0.25, -0.2) is 4.98 Å². The van der Waals surface area contributed by atoms with Gasteiger partial charge in [0, 0.05) is 31.3 Å². The third kappa shape index (κ3) is 3.55. The van der Waals surface area contributed by atoms with Crippen molar-refractivity contribution in [2.75, 3.05) is 13.1 Å². The van der Waals surface area contributed by atoms with Gasteiger partial charge in [0.25, 0.3) is 0 Å². The number of thiazole rings is 1. The van der Waals surface area contributed by atoms with E-state index in [1.165, 1.54) is 19.3 Å². The Labute approximate surface area is 113 Å². The van der Waals surface area contributed by atoms with E-state index in [9.17, 15) is 4.79 Å². The van der Waals surface area contributed by atoms with Gasteiger partial charge in [-0.2, -0.15) is 0 Å². The molecule has 0 radical (unpaired) electrons. The molecule has 1 fully saturated rings. The molecule has 18 heavy (non-hydrogen) atoms. The number of hydrogen-bond acceptors (Lipinski definition) is 3. The minimum Gasteiger partial charge on any atom is -0.343 e. The molecule has 100 valence electrons. The van der Waals surface area contributed by atoms with Crippen LogP contribution in [0.2, 0.25) is 0 Å². The molecule has 1 saturated heterocycles. The second-order valence-corrected chi connectivity index (χ2v) is 6.20. The quantitative estimate of drug-likeness (QED) is 0.838. The summed E-state index contributed by atoms with van der Waals surface area (Å²) < 4.78 is 0. The molecule has 4 heteroatoms. The summed E-state index contributed by atoms with van der Waals surface area (Å²) in [6.45, 7) is 6.21. The smallest absolute Gasteiger partial charge is 0.222 e. The Morgan fingerprint density at radius 2 is 2.11 bits per heavy atom. The van der Waals surface area contributed by atoms with Crippen LogP contribution in [-0.2, 0) is 11.2 Å². The van der Waals surface area contributed by atoms with Crippen molar-refractivity contribution in [2.45, 2.75) is 51.9 Å². The molecule has 0 saturated carbocycles. The standard InChI is InChI=1S/C14H22N2OS/c1-11(2)12-10-18-13(15-12)6-7-14(17)16-8-4-3-5-9-16/h10-11H,3-9H2,1-2H3. The molecule has 0 atom stereocenters. The van der Waals surface area contributed by atoms with Gasteiger partial charge in [-0.3, -0.25) is 4.79 Å². The summed E-state index contributed by atoms with van der Waals surface area (Å²) in [6, 6.07) is 0. The molecule has 0 bridgehead atoms. The molecule has 0 unspecified atom stereocenters. The molecule has 1 aliphatic heterocycles. The normalized spacial score (nSPS) is 16.3. The van der Waals surface area contributed by atoms with Gasteiger partial charge in [-0.05, 0) is 25.2 Å². The van der Waals surface area contributed by atoms with Crippen molar-refractivity contribution in [3.63, 3.8) is 0 Å². The van der Waals surface area contributed by atoms with Crippen LogP contribution in [0.15, 0.2) is 5.38 Å². The van der Waals surface area contributed by atoms with E-state index in [0.717, 1.165) is 30.2 Å². The summed E-state index contributed by atoms with van der Waals surface area (Å²) in [7, 11) is 0. The first-order chi connectivity index (χ1) is 8.66. The second kappa shape index (κ2) is 6.32. The average molecular weight is 266 g/mol. The maximum Gasteiger partial charge on any atom is 0.222 e. The van der Waals surface area contributed by atoms with E-state index in [4.69, 9.17) is 0 Å². The van der Waals surface area contributed by atoms with Gasteiger partial charge in [0.2, 0.25) is 5.91 Å². The van der Waals surface area contributed by atoms with Crippen LogP contribution in [0, 0.1) is 0 Å². The van der Waals surface area contributed by atoms with E-state index in [0.29, 0.717) is 18.2 Å². The van der Waals surface area contributed by atoms with Crippen LogP contribution < -0.4 is 0 Å². The topological polar surface area (TPSA) is 33.2 Å². The predicted octanol–water partition coefficient (Wildman–Crippen LogP) is 3.21. The fourth-order valence-electron chi connectivity index (χ4n) is 2.22. The van der Waals surface area contributed by atoms with E-state index in [2.05, 4.69) is 24.2 Å². The molecule has 0 N–H and O–H groups in total. The van der Waals surface area contributed by atoms with Crippen molar-refractivity contribution < 1.29 is 4.79 Å². The Morgan fingerprint density at radius 1 is 1.39 bits per heavy atom. The van der Waals surface area contributed by atoms with Crippen molar-refractivity contribution in [1.29, 1.82) is 0 Å². The number of hydrogen-bond donors (Lipinski definition) is 0. The van der Waals surface area contributed by atoms with Gasteiger partial charge in [-0.15, -0.1) is 11.3 Å². The zero-order chi connectivity index (χ0) is 13.0. The van der Waals surface area contributed by atoms with Gasteiger partial charge < -0.3 is 4.90 Å². The van der Waals surface area contributed by atoms with Crippen molar-refractivity contribution in [3.05, 3.63) is 16.1 Å². The number of rotatable bonds is 4. The summed E-state index contributed by atoms with van der Waals surface area (Å²) in [5.74, 6) is 0.781. The van der Waals surface area contributed by atoms with E-state index in [1.54, 1.807) is 11.3 Å². The maximum absolute atomic E-state index is 12.0. The summed E-state index contributed by atoms with van der Waals surface area (Å²) >= 11 is 1.68. The summed E-state index contributed by atoms with van der Waals surface area (Å²) in [6.07, 6.45) is 5.02. The molecule has 0 aromatic carbocycles. The second-order valence-electron chi connectivity index (χ2n) is 5.26. The summed E-state index contributed by atoms with van der Waals surface area (Å²) in [5, 5.41) is 3.22. The van der Waals surface area contributed by atoms with Crippen LogP contribution in [-0.4, -0.2) is 28.9 Å². The highest BCUT2D eigenvalue weighted by molar-refractivity contribution is 7.09. The van der Waals surface area contributed by atoms with Gasteiger partial charge in [-0.1, -0.05) is 13.8 Å². The number of aromatic nitrogens is 1. The molecular weight excluding hydrogens is 244 g/mol. The summed E-state index contributed by atoms with van der Waals surface area (Å²) in [4.78, 5) is 18.6. The lowest BCUT2D eigenvalue weighted by molar-refractivity contribution is -0.132. The van der Waals surface area contributed by atoms with Crippen LogP contribution in [0.4, 0.5) is 0 Å². The molecule has 3 nitrogen and oxygen atoms in total. The number of carbonyl (C=O) groups is 1. The van der Waals surface area contributed by atoms with E-state index < -0.39 is 0 Å². The first-order valence-electron chi connectivity index (χ1n) is 6.89. The van der Waals surface area contributed by atoms with Crippen LogP contribution in [0.1, 0.15) is 56.2 Å². The predicted molar refractivity (Wildman–Crippen MR) is 75.0 cm³/mol. The SMILES string of the molecule is CC(C)c1csc(CCC(=O)N2CCCCC2)n1. The van der Waals surface area contributed by atoms with Crippen LogP contribution in [0.3, 0.4) is 0 Å². The van der Waals surface area contributed by atoms with Gasteiger partial charge in [0.15, 0.2) is 0 Å². The van der Waals surface area contributed by atoms with Crippen LogP contribution >= 0.6 is 11.3 Å². The number of amides is 1. The van der Waals surface area contributed by atoms with E-state index in [-0.39, 0.29) is 0 Å². The molecule has 1 aromatic heterocycles. The molecule has 2 rings (SSSR count). The monoisotopic (exact) mass is 266 g/mol. The maximum atomic E-state index is 12.0. The van der Waals surface area contributed by atoms with Gasteiger partial charge in [0.1, 0.15) is 0 Å². The highest BCUT2D eigenvalue weighted by Crippen LogP contribution is 2.19. The number of piperidine rings is 1. The highest BCUT2D eigenvalue weighted by Gasteiger charge is 2.16. The molecule has 2 heterocycles. The van der Waals surface area contributed by atoms with Crippen molar-refractivity contribution in [2.24, 2.45) is 0 Å². The fourth-order valence-corrected chi connectivity index (χ4v) is 3.18. The number of aryl methyl sites for hydroxylation is 1. The molecular formula is C14H22N2OS. The molecule has 1 aliphatic rings. The Balaban J connectivity index is 1.81. The number of nitrogens with zero attached hydrogens (tertiary/aromatic N) is 2. The Bertz CT molecular complexity index is 394. The minimum absolute atomic E-state index is 0.302. The van der Waals surface area contributed by atoms with Crippen molar-refractivity contribution >= 4 is 17.2 Å². The first kappa shape index (κ1) is 13.5. The molecule has 0 aliphatic carbocycles. The van der Waals surface area contributed by atoms with Crippen molar-refractivity contribution in [1.82, 2.24) is 9.88 Å². The fraction of sp³-hybridized carbons (Fsp3) is 0.714. The Morgan fingerprint density at radius 3 is 2.72 bits per heavy atom. The van der Waals surface area contributed by atoms with Gasteiger partial charge in [0.05, 0.1) is 10.7 Å². The largest absolute Gasteiger partial charge is 0.343 e. The summed E-state index contributed by atoms with van der Waals surface area (Å²) in [5.41, 5.74) is 1.15. The minimum atomic E-state index is 0.302. The zero-order valence-electron chi connectivity index (χ0n) is 11.3. The van der Waals surface area contributed by atoms with Crippen LogP contribution in [0.25, 0.3) is 0 Å². The lowest BCUT2D eigenvalue weighted by Crippen LogP contribution is -2.35. The number of likely N-dealkylation sites (tertiary alicyclic amines) is 1. The molecule has 0 spiro atoms. The third-order valence-electron chi connectivity index (χ3n) is 3.42. The third-order valence-corrected chi connectivity index (χ3v) is 4.35. The highest BCUT2D eigenvalue weighted by atomic mass is 32.1. The van der Waals surface area contributed by atoms with E-state index in [1.807, 2.05) is 4.90 Å². The molecule has 1 aromatic rings. The first-order valence-corrected chi connectivity index (χ1v) is 7.77. The lowest BCUT2D eigenvalue weighted by Gasteiger charge is -2.26. The van der Waals surface area contributed by atoms with Crippen LogP contribution in [0.5, 0.6) is 0 Å². The zero-order valence-corrected chi connectivity index (χ0v) is 12.1. The average Bonchev–Trinajstić information content (AvgIpc) is 2.86. The Hall–Kier alpha value is -0.900.